The molecule has 2 amide bonds. The molecule has 210 valence electrons. The maximum Gasteiger partial charge on any atom is 0.330 e. The Kier molecular flexibility index (Phi) is 7.69. The first-order chi connectivity index (χ1) is 19.6. The summed E-state index contributed by atoms with van der Waals surface area (Å²) in [7, 11) is 0. The first kappa shape index (κ1) is 28.1. The fourth-order valence-electron chi connectivity index (χ4n) is 5.79. The van der Waals surface area contributed by atoms with Crippen molar-refractivity contribution < 1.29 is 23.9 Å². The standard InChI is InChI=1S/C33H32N2O5S/c1-20-9-8-12-24(19-20)34-32(39)35-25(15-14-23-10-6-5-7-11-23)27(29(36)26-16-13-22(3)40-26)28(33(35,4)31(37)38)30-21(2)17-18-41-30/h5-19,25,27-28H,1-4H3,(H,34,39)(H,37,38). The van der Waals surface area contributed by atoms with Crippen LogP contribution in [0, 0.1) is 26.7 Å². The van der Waals surface area contributed by atoms with E-state index in [1.54, 1.807) is 38.1 Å². The number of benzene rings is 2. The van der Waals surface area contributed by atoms with Crippen LogP contribution in [0.2, 0.25) is 0 Å². The first-order valence-electron chi connectivity index (χ1n) is 13.4. The predicted molar refractivity (Wildman–Crippen MR) is 160 cm³/mol. The van der Waals surface area contributed by atoms with Gasteiger partial charge in [0.25, 0.3) is 0 Å². The number of carbonyl (C=O) groups excluding carboxylic acids is 2. The molecule has 8 heteroatoms. The van der Waals surface area contributed by atoms with Gasteiger partial charge in [0.05, 0.1) is 12.0 Å². The van der Waals surface area contributed by atoms with Gasteiger partial charge in [0.1, 0.15) is 11.3 Å². The lowest BCUT2D eigenvalue weighted by Gasteiger charge is -2.37. The molecule has 0 aliphatic carbocycles. The van der Waals surface area contributed by atoms with Crippen molar-refractivity contribution in [2.45, 2.75) is 45.2 Å². The predicted octanol–water partition coefficient (Wildman–Crippen LogP) is 7.32. The van der Waals surface area contributed by atoms with E-state index in [0.717, 1.165) is 21.6 Å². The summed E-state index contributed by atoms with van der Waals surface area (Å²) in [6.07, 6.45) is 3.60. The third-order valence-corrected chi connectivity index (χ3v) is 8.91. The molecule has 4 unspecified atom stereocenters. The molecule has 5 rings (SSSR count). The molecule has 2 aromatic heterocycles. The van der Waals surface area contributed by atoms with Gasteiger partial charge in [-0.15, -0.1) is 11.3 Å². The molecule has 2 aromatic carbocycles. The van der Waals surface area contributed by atoms with Crippen molar-refractivity contribution in [2.75, 3.05) is 5.32 Å². The van der Waals surface area contributed by atoms with Gasteiger partial charge in [-0.05, 0) is 80.1 Å². The van der Waals surface area contributed by atoms with E-state index >= 15 is 0 Å². The van der Waals surface area contributed by atoms with Crippen LogP contribution in [0.1, 0.15) is 50.7 Å². The Morgan fingerprint density at radius 2 is 1.76 bits per heavy atom. The fourth-order valence-corrected chi connectivity index (χ4v) is 6.99. The van der Waals surface area contributed by atoms with Crippen LogP contribution in [0.3, 0.4) is 0 Å². The van der Waals surface area contributed by atoms with Gasteiger partial charge in [-0.1, -0.05) is 54.6 Å². The van der Waals surface area contributed by atoms with Crippen LogP contribution in [0.15, 0.2) is 88.7 Å². The topological polar surface area (TPSA) is 99.9 Å². The van der Waals surface area contributed by atoms with Crippen LogP contribution >= 0.6 is 11.3 Å². The number of aliphatic carboxylic acids is 1. The Hall–Kier alpha value is -4.43. The van der Waals surface area contributed by atoms with E-state index in [0.29, 0.717) is 11.4 Å². The molecule has 1 aliphatic heterocycles. The van der Waals surface area contributed by atoms with Gasteiger partial charge < -0.3 is 19.7 Å². The minimum Gasteiger partial charge on any atom is -0.479 e. The third-order valence-electron chi connectivity index (χ3n) is 7.81. The van der Waals surface area contributed by atoms with E-state index < -0.39 is 35.4 Å². The van der Waals surface area contributed by atoms with Gasteiger partial charge in [0, 0.05) is 16.5 Å². The third kappa shape index (κ3) is 5.23. The summed E-state index contributed by atoms with van der Waals surface area (Å²) in [6.45, 7) is 7.10. The van der Waals surface area contributed by atoms with Gasteiger partial charge in [-0.2, -0.15) is 0 Å². The Balaban J connectivity index is 1.72. The molecular formula is C33H32N2O5S. The summed E-state index contributed by atoms with van der Waals surface area (Å²) in [4.78, 5) is 43.9. The monoisotopic (exact) mass is 568 g/mol. The van der Waals surface area contributed by atoms with Crippen molar-refractivity contribution in [1.82, 2.24) is 4.90 Å². The zero-order valence-corrected chi connectivity index (χ0v) is 24.1. The summed E-state index contributed by atoms with van der Waals surface area (Å²) in [5.41, 5.74) is 1.44. The molecule has 41 heavy (non-hydrogen) atoms. The van der Waals surface area contributed by atoms with E-state index in [9.17, 15) is 19.5 Å². The number of carboxylic acid groups (broad SMARTS) is 1. The zero-order valence-electron chi connectivity index (χ0n) is 23.3. The lowest BCUT2D eigenvalue weighted by Crippen LogP contribution is -2.56. The summed E-state index contributed by atoms with van der Waals surface area (Å²) in [5, 5.41) is 15.7. The van der Waals surface area contributed by atoms with Crippen molar-refractivity contribution in [3.05, 3.63) is 117 Å². The first-order valence-corrected chi connectivity index (χ1v) is 14.3. The van der Waals surface area contributed by atoms with Crippen LogP contribution in [0.5, 0.6) is 0 Å². The number of amides is 2. The summed E-state index contributed by atoms with van der Waals surface area (Å²) in [5.74, 6) is -2.61. The SMILES string of the molecule is Cc1cccc(NC(=O)N2C(C=Cc3ccccc3)C(C(=O)c3ccc(C)o3)C(c3sccc3C)C2(C)C(=O)O)c1. The van der Waals surface area contributed by atoms with Crippen LogP contribution in [-0.2, 0) is 4.79 Å². The Morgan fingerprint density at radius 3 is 2.37 bits per heavy atom. The molecule has 4 aromatic rings. The molecular weight excluding hydrogens is 536 g/mol. The van der Waals surface area contributed by atoms with E-state index in [-0.39, 0.29) is 11.5 Å². The van der Waals surface area contributed by atoms with Crippen LogP contribution < -0.4 is 5.32 Å². The molecule has 0 radical (unpaired) electrons. The number of carbonyl (C=O) groups is 3. The number of aryl methyl sites for hydroxylation is 3. The summed E-state index contributed by atoms with van der Waals surface area (Å²) < 4.78 is 5.76. The molecule has 3 heterocycles. The smallest absolute Gasteiger partial charge is 0.330 e. The van der Waals surface area contributed by atoms with Crippen LogP contribution in [0.4, 0.5) is 10.5 Å². The number of anilines is 1. The number of hydrogen-bond acceptors (Lipinski definition) is 5. The lowest BCUT2D eigenvalue weighted by atomic mass is 9.75. The fraction of sp³-hybridized carbons (Fsp3) is 0.242. The van der Waals surface area contributed by atoms with E-state index in [1.807, 2.05) is 79.9 Å². The minimum absolute atomic E-state index is 0.138. The number of nitrogens with one attached hydrogen (secondary N) is 1. The van der Waals surface area contributed by atoms with E-state index in [4.69, 9.17) is 4.42 Å². The number of rotatable bonds is 7. The molecule has 0 spiro atoms. The van der Waals surface area contributed by atoms with Crippen LogP contribution in [-0.4, -0.2) is 39.4 Å². The Labute approximate surface area is 243 Å². The zero-order chi connectivity index (χ0) is 29.3. The van der Waals surface area contributed by atoms with Gasteiger partial charge in [0.2, 0.25) is 5.78 Å². The Morgan fingerprint density at radius 1 is 1.00 bits per heavy atom. The van der Waals surface area contributed by atoms with Gasteiger partial charge in [-0.3, -0.25) is 4.79 Å². The number of hydrogen-bond donors (Lipinski definition) is 2. The van der Waals surface area contributed by atoms with Crippen molar-refractivity contribution >= 4 is 40.9 Å². The van der Waals surface area contributed by atoms with Gasteiger partial charge in [0.15, 0.2) is 5.76 Å². The number of likely N-dealkylation sites (tertiary alicyclic amines) is 1. The minimum atomic E-state index is -1.77. The number of Topliss-reactive ketones (excluding diaryl/α,β-unsaturated/α-hetero) is 1. The second kappa shape index (κ2) is 11.2. The van der Waals surface area contributed by atoms with E-state index in [1.165, 1.54) is 16.2 Å². The number of carboxylic acids is 1. The number of nitrogens with zero attached hydrogens (tertiary/aromatic N) is 1. The average Bonchev–Trinajstić information content (AvgIpc) is 3.63. The maximum atomic E-state index is 14.3. The second-order valence-electron chi connectivity index (χ2n) is 10.6. The van der Waals surface area contributed by atoms with Gasteiger partial charge in [-0.25, -0.2) is 9.59 Å². The molecule has 0 saturated carbocycles. The highest BCUT2D eigenvalue weighted by atomic mass is 32.1. The number of urea groups is 1. The highest BCUT2D eigenvalue weighted by Gasteiger charge is 2.65. The highest BCUT2D eigenvalue weighted by Crippen LogP contribution is 2.53. The van der Waals surface area contributed by atoms with Crippen molar-refractivity contribution in [1.29, 1.82) is 0 Å². The Bertz CT molecular complexity index is 1620. The molecule has 2 N–H and O–H groups in total. The van der Waals surface area contributed by atoms with Crippen LogP contribution in [0.25, 0.3) is 6.08 Å². The summed E-state index contributed by atoms with van der Waals surface area (Å²) in [6, 6.07) is 20.5. The average molecular weight is 569 g/mol. The quantitative estimate of drug-likeness (QED) is 0.228. The van der Waals surface area contributed by atoms with Crippen molar-refractivity contribution in [3.63, 3.8) is 0 Å². The molecule has 1 fully saturated rings. The molecule has 4 atom stereocenters. The largest absolute Gasteiger partial charge is 0.479 e. The van der Waals surface area contributed by atoms with Gasteiger partial charge >= 0.3 is 12.0 Å². The molecule has 1 saturated heterocycles. The second-order valence-corrected chi connectivity index (χ2v) is 11.6. The number of ketones is 1. The van der Waals surface area contributed by atoms with Crippen molar-refractivity contribution in [3.8, 4) is 0 Å². The number of furan rings is 1. The number of thiophene rings is 1. The van der Waals surface area contributed by atoms with Crippen molar-refractivity contribution in [2.24, 2.45) is 5.92 Å². The normalized spacial score (nSPS) is 22.2. The molecule has 1 aliphatic rings. The maximum absolute atomic E-state index is 14.3. The molecule has 0 bridgehead atoms. The highest BCUT2D eigenvalue weighted by molar-refractivity contribution is 7.10. The summed E-state index contributed by atoms with van der Waals surface area (Å²) >= 11 is 1.40. The molecule has 7 nitrogen and oxygen atoms in total. The van der Waals surface area contributed by atoms with E-state index in [2.05, 4.69) is 5.32 Å². The lowest BCUT2D eigenvalue weighted by molar-refractivity contribution is -0.148.